The van der Waals surface area contributed by atoms with E-state index >= 15 is 0 Å². The van der Waals surface area contributed by atoms with Crippen LogP contribution >= 0.6 is 11.3 Å². The van der Waals surface area contributed by atoms with Crippen molar-refractivity contribution in [2.45, 2.75) is 51.1 Å². The van der Waals surface area contributed by atoms with E-state index in [0.717, 1.165) is 63.3 Å². The average molecular weight is 375 g/mol. The summed E-state index contributed by atoms with van der Waals surface area (Å²) in [5.74, 6) is -0.0536. The predicted octanol–water partition coefficient (Wildman–Crippen LogP) is 2.08. The first kappa shape index (κ1) is 17.6. The maximum atomic E-state index is 12.5. The molecule has 0 radical (unpaired) electrons. The number of carbonyl (C=O) groups excluding carboxylic acids is 1. The van der Waals surface area contributed by atoms with Gasteiger partial charge in [-0.2, -0.15) is 0 Å². The molecule has 8 heteroatoms. The van der Waals surface area contributed by atoms with Crippen LogP contribution < -0.4 is 10.6 Å². The highest BCUT2D eigenvalue weighted by molar-refractivity contribution is 7.13. The van der Waals surface area contributed by atoms with Gasteiger partial charge in [-0.05, 0) is 19.3 Å². The van der Waals surface area contributed by atoms with Crippen molar-refractivity contribution in [2.75, 3.05) is 25.1 Å². The smallest absolute Gasteiger partial charge is 0.246 e. The molecular formula is C18H25N5O2S. The fourth-order valence-electron chi connectivity index (χ4n) is 3.89. The van der Waals surface area contributed by atoms with Gasteiger partial charge in [-0.15, -0.1) is 11.3 Å². The number of hydrogen-bond donors (Lipinski definition) is 2. The molecule has 2 aliphatic rings. The first-order valence-electron chi connectivity index (χ1n) is 9.32. The lowest BCUT2D eigenvalue weighted by Gasteiger charge is -2.40. The van der Waals surface area contributed by atoms with Crippen LogP contribution in [0.2, 0.25) is 0 Å². The first-order chi connectivity index (χ1) is 12.7. The highest BCUT2D eigenvalue weighted by atomic mass is 32.1. The highest BCUT2D eigenvalue weighted by Gasteiger charge is 2.40. The average Bonchev–Trinajstić information content (AvgIpc) is 3.24. The number of carbonyl (C=O) groups is 1. The van der Waals surface area contributed by atoms with Crippen molar-refractivity contribution < 1.29 is 9.53 Å². The molecule has 140 valence electrons. The normalized spacial score (nSPS) is 18.7. The number of nitrogens with one attached hydrogen (secondary N) is 2. The summed E-state index contributed by atoms with van der Waals surface area (Å²) in [4.78, 5) is 21.6. The van der Waals surface area contributed by atoms with Crippen molar-refractivity contribution in [1.29, 1.82) is 0 Å². The fourth-order valence-corrected chi connectivity index (χ4v) is 4.65. The number of anilines is 1. The molecule has 1 saturated heterocycles. The summed E-state index contributed by atoms with van der Waals surface area (Å²) in [6.07, 6.45) is 6.56. The molecule has 4 rings (SSSR count). The van der Waals surface area contributed by atoms with Gasteiger partial charge in [0.2, 0.25) is 5.91 Å². The second kappa shape index (κ2) is 7.46. The van der Waals surface area contributed by atoms with E-state index in [1.54, 1.807) is 6.33 Å². The Morgan fingerprint density at radius 2 is 2.31 bits per heavy atom. The maximum Gasteiger partial charge on any atom is 0.246 e. The second-order valence-corrected chi connectivity index (χ2v) is 7.84. The molecule has 0 saturated carbocycles. The third kappa shape index (κ3) is 3.41. The molecule has 0 atom stereocenters. The fraction of sp³-hybridized carbons (Fsp3) is 0.611. The molecule has 2 N–H and O–H groups in total. The van der Waals surface area contributed by atoms with E-state index < -0.39 is 0 Å². The molecule has 7 nitrogen and oxygen atoms in total. The molecule has 26 heavy (non-hydrogen) atoms. The van der Waals surface area contributed by atoms with Crippen molar-refractivity contribution in [2.24, 2.45) is 0 Å². The third-order valence-electron chi connectivity index (χ3n) is 5.19. The molecule has 2 aromatic rings. The number of fused-ring (bicyclic) bond motifs is 2. The summed E-state index contributed by atoms with van der Waals surface area (Å²) >= 11 is 1.48. The number of imidazole rings is 1. The number of amides is 1. The summed E-state index contributed by atoms with van der Waals surface area (Å²) in [6, 6.07) is 0. The SMILES string of the molecule is CCCc1csc(NC(=O)Cn2cnc3c2CCNC32CCOCC2)n1. The topological polar surface area (TPSA) is 81.1 Å². The monoisotopic (exact) mass is 375 g/mol. The van der Waals surface area contributed by atoms with Gasteiger partial charge in [0.05, 0.1) is 23.3 Å². The summed E-state index contributed by atoms with van der Waals surface area (Å²) in [5, 5.41) is 9.26. The number of thiazole rings is 1. The van der Waals surface area contributed by atoms with Crippen molar-refractivity contribution in [3.63, 3.8) is 0 Å². The van der Waals surface area contributed by atoms with Crippen molar-refractivity contribution in [3.8, 4) is 0 Å². The largest absolute Gasteiger partial charge is 0.381 e. The number of hydrogen-bond acceptors (Lipinski definition) is 6. The number of aryl methyl sites for hydroxylation is 1. The maximum absolute atomic E-state index is 12.5. The van der Waals surface area contributed by atoms with Gasteiger partial charge in [-0.3, -0.25) is 4.79 Å². The zero-order valence-electron chi connectivity index (χ0n) is 15.1. The zero-order valence-corrected chi connectivity index (χ0v) is 15.9. The predicted molar refractivity (Wildman–Crippen MR) is 100 cm³/mol. The van der Waals surface area contributed by atoms with Gasteiger partial charge in [0.1, 0.15) is 6.54 Å². The number of aromatic nitrogens is 3. The van der Waals surface area contributed by atoms with Gasteiger partial charge in [-0.1, -0.05) is 13.3 Å². The minimum absolute atomic E-state index is 0.0536. The van der Waals surface area contributed by atoms with E-state index in [2.05, 4.69) is 27.5 Å². The van der Waals surface area contributed by atoms with Crippen LogP contribution in [0.1, 0.15) is 43.3 Å². The van der Waals surface area contributed by atoms with Crippen molar-refractivity contribution in [1.82, 2.24) is 19.9 Å². The van der Waals surface area contributed by atoms with E-state index in [-0.39, 0.29) is 18.0 Å². The molecule has 2 aromatic heterocycles. The number of ether oxygens (including phenoxy) is 1. The molecule has 0 bridgehead atoms. The summed E-state index contributed by atoms with van der Waals surface area (Å²) in [7, 11) is 0. The quantitative estimate of drug-likeness (QED) is 0.836. The molecule has 1 spiro atoms. The Hall–Kier alpha value is -1.77. The standard InChI is InChI=1S/C18H25N5O2S/c1-2-3-13-11-26-17(21-13)22-15(24)10-23-12-19-16-14(23)4-7-20-18(16)5-8-25-9-6-18/h11-12,20H,2-10H2,1H3,(H,21,22,24). The van der Waals surface area contributed by atoms with Gasteiger partial charge < -0.3 is 19.9 Å². The summed E-state index contributed by atoms with van der Waals surface area (Å²) in [6.45, 7) is 4.82. The molecule has 0 aliphatic carbocycles. The Morgan fingerprint density at radius 3 is 3.12 bits per heavy atom. The lowest BCUT2D eigenvalue weighted by molar-refractivity contribution is -0.116. The summed E-state index contributed by atoms with van der Waals surface area (Å²) < 4.78 is 7.51. The van der Waals surface area contributed by atoms with Gasteiger partial charge in [0.25, 0.3) is 0 Å². The van der Waals surface area contributed by atoms with Gasteiger partial charge in [-0.25, -0.2) is 9.97 Å². The third-order valence-corrected chi connectivity index (χ3v) is 6.00. The van der Waals surface area contributed by atoms with E-state index in [1.807, 2.05) is 9.95 Å². The van der Waals surface area contributed by atoms with Crippen LogP contribution in [0.4, 0.5) is 5.13 Å². The van der Waals surface area contributed by atoms with Crippen LogP contribution in [0.3, 0.4) is 0 Å². The van der Waals surface area contributed by atoms with Crippen molar-refractivity contribution in [3.05, 3.63) is 28.8 Å². The Morgan fingerprint density at radius 1 is 1.46 bits per heavy atom. The van der Waals surface area contributed by atoms with Crippen LogP contribution in [0.25, 0.3) is 0 Å². The van der Waals surface area contributed by atoms with Crippen molar-refractivity contribution >= 4 is 22.4 Å². The number of rotatable bonds is 5. The van der Waals surface area contributed by atoms with Crippen LogP contribution in [0.15, 0.2) is 11.7 Å². The molecule has 4 heterocycles. The molecule has 0 aromatic carbocycles. The zero-order chi connectivity index (χ0) is 18.0. The molecular weight excluding hydrogens is 350 g/mol. The minimum atomic E-state index is -0.0854. The molecule has 0 unspecified atom stereocenters. The van der Waals surface area contributed by atoms with Crippen LogP contribution in [0.5, 0.6) is 0 Å². The van der Waals surface area contributed by atoms with E-state index in [1.165, 1.54) is 17.0 Å². The molecule has 1 amide bonds. The Bertz CT molecular complexity index is 778. The minimum Gasteiger partial charge on any atom is -0.381 e. The van der Waals surface area contributed by atoms with E-state index in [0.29, 0.717) is 5.13 Å². The summed E-state index contributed by atoms with van der Waals surface area (Å²) in [5.41, 5.74) is 3.23. The van der Waals surface area contributed by atoms with Crippen LogP contribution in [0, 0.1) is 0 Å². The van der Waals surface area contributed by atoms with E-state index in [9.17, 15) is 4.79 Å². The van der Waals surface area contributed by atoms with Gasteiger partial charge >= 0.3 is 0 Å². The van der Waals surface area contributed by atoms with Gasteiger partial charge in [0, 0.05) is 37.3 Å². The second-order valence-electron chi connectivity index (χ2n) is 6.98. The Kier molecular flexibility index (Phi) is 5.06. The lowest BCUT2D eigenvalue weighted by atomic mass is 9.82. The first-order valence-corrected chi connectivity index (χ1v) is 10.2. The van der Waals surface area contributed by atoms with Gasteiger partial charge in [0.15, 0.2) is 5.13 Å². The molecule has 1 fully saturated rings. The number of nitrogens with zero attached hydrogens (tertiary/aromatic N) is 3. The van der Waals surface area contributed by atoms with E-state index in [4.69, 9.17) is 4.74 Å². The Balaban J connectivity index is 1.46. The molecule has 2 aliphatic heterocycles. The lowest BCUT2D eigenvalue weighted by Crippen LogP contribution is -2.51. The van der Waals surface area contributed by atoms with Crippen LogP contribution in [-0.4, -0.2) is 40.2 Å². The van der Waals surface area contributed by atoms with Crippen LogP contribution in [-0.2, 0) is 34.5 Å². The Labute approximate surface area is 157 Å². The highest BCUT2D eigenvalue weighted by Crippen LogP contribution is 2.35.